The average Bonchev–Trinajstić information content (AvgIpc) is 2.67. The number of benzene rings is 2. The number of carbonyl (C=O) groups excluding carboxylic acids is 1. The topological polar surface area (TPSA) is 115 Å². The Morgan fingerprint density at radius 3 is 1.81 bits per heavy atom. The number of azide groups is 2. The Hall–Kier alpha value is -3.27. The van der Waals surface area contributed by atoms with E-state index in [1.807, 2.05) is 36.4 Å². The van der Waals surface area contributed by atoms with Gasteiger partial charge in [0, 0.05) is 33.5 Å². The molecule has 0 aromatic heterocycles. The highest BCUT2D eigenvalue weighted by Gasteiger charge is 2.28. The van der Waals surface area contributed by atoms with Gasteiger partial charge in [-0.05, 0) is 53.8 Å². The van der Waals surface area contributed by atoms with Gasteiger partial charge in [0.1, 0.15) is 5.78 Å². The van der Waals surface area contributed by atoms with Crippen molar-refractivity contribution in [2.45, 2.75) is 32.1 Å². The summed E-state index contributed by atoms with van der Waals surface area (Å²) in [5.41, 5.74) is 20.3. The van der Waals surface area contributed by atoms with Crippen LogP contribution in [0.15, 0.2) is 58.8 Å². The summed E-state index contributed by atoms with van der Waals surface area (Å²) < 4.78 is 0. The van der Waals surface area contributed by atoms with Crippen molar-refractivity contribution in [1.82, 2.24) is 0 Å². The molecule has 27 heavy (non-hydrogen) atoms. The summed E-state index contributed by atoms with van der Waals surface area (Å²) in [6.45, 7) is 0. The molecule has 0 amide bonds. The molecule has 3 rings (SSSR count). The van der Waals surface area contributed by atoms with Gasteiger partial charge < -0.3 is 0 Å². The quantitative estimate of drug-likeness (QED) is 0.334. The van der Waals surface area contributed by atoms with Crippen molar-refractivity contribution >= 4 is 17.2 Å². The normalized spacial score (nSPS) is 19.0. The van der Waals surface area contributed by atoms with E-state index in [9.17, 15) is 4.79 Å². The molecule has 0 bridgehead atoms. The number of rotatable bonds is 6. The van der Waals surface area contributed by atoms with Crippen LogP contribution in [-0.2, 0) is 17.6 Å². The summed E-state index contributed by atoms with van der Waals surface area (Å²) >= 11 is 0. The van der Waals surface area contributed by atoms with Crippen LogP contribution in [0, 0.1) is 11.8 Å². The summed E-state index contributed by atoms with van der Waals surface area (Å²) in [7, 11) is 0. The number of hydrogen-bond acceptors (Lipinski definition) is 3. The van der Waals surface area contributed by atoms with Gasteiger partial charge in [-0.25, -0.2) is 0 Å². The van der Waals surface area contributed by atoms with Crippen molar-refractivity contribution in [2.75, 3.05) is 0 Å². The highest BCUT2D eigenvalue weighted by molar-refractivity contribution is 5.82. The van der Waals surface area contributed by atoms with Gasteiger partial charge in [-0.2, -0.15) is 0 Å². The summed E-state index contributed by atoms with van der Waals surface area (Å²) in [6.07, 6.45) is 4.15. The maximum absolute atomic E-state index is 12.6. The van der Waals surface area contributed by atoms with Crippen molar-refractivity contribution < 1.29 is 4.79 Å². The number of carbonyl (C=O) groups is 1. The molecule has 0 saturated heterocycles. The summed E-state index contributed by atoms with van der Waals surface area (Å²) in [5.74, 6) is 0.765. The van der Waals surface area contributed by atoms with E-state index in [4.69, 9.17) is 11.1 Å². The first kappa shape index (κ1) is 18.5. The molecule has 0 heterocycles. The minimum atomic E-state index is 0.0684. The first-order valence-corrected chi connectivity index (χ1v) is 8.98. The summed E-state index contributed by atoms with van der Waals surface area (Å²) in [4.78, 5) is 18.1. The van der Waals surface area contributed by atoms with E-state index in [1.165, 1.54) is 0 Å². The molecule has 0 N–H and O–H groups in total. The van der Waals surface area contributed by atoms with E-state index in [1.54, 1.807) is 12.1 Å². The zero-order chi connectivity index (χ0) is 19.1. The Morgan fingerprint density at radius 1 is 0.815 bits per heavy atom. The van der Waals surface area contributed by atoms with Crippen LogP contribution in [0.25, 0.3) is 20.9 Å². The van der Waals surface area contributed by atoms with E-state index in [-0.39, 0.29) is 5.92 Å². The zero-order valence-electron chi connectivity index (χ0n) is 14.9. The van der Waals surface area contributed by atoms with Crippen LogP contribution in [0.5, 0.6) is 0 Å². The third kappa shape index (κ3) is 5.11. The molecule has 0 spiro atoms. The lowest BCUT2D eigenvalue weighted by Gasteiger charge is -2.27. The number of hydrogen-bond donors (Lipinski definition) is 0. The molecule has 7 nitrogen and oxygen atoms in total. The second-order valence-electron chi connectivity index (χ2n) is 6.93. The van der Waals surface area contributed by atoms with Gasteiger partial charge in [0.2, 0.25) is 0 Å². The largest absolute Gasteiger partial charge is 0.299 e. The van der Waals surface area contributed by atoms with Crippen LogP contribution in [0.1, 0.15) is 30.4 Å². The van der Waals surface area contributed by atoms with Gasteiger partial charge in [0.05, 0.1) is 0 Å². The minimum absolute atomic E-state index is 0.0684. The predicted octanol–water partition coefficient (Wildman–Crippen LogP) is 6.34. The molecule has 2 aromatic rings. The second kappa shape index (κ2) is 8.90. The predicted molar refractivity (Wildman–Crippen MR) is 104 cm³/mol. The van der Waals surface area contributed by atoms with Crippen molar-refractivity contribution in [2.24, 2.45) is 22.1 Å². The minimum Gasteiger partial charge on any atom is -0.299 e. The molecular formula is C20H20N6O. The van der Waals surface area contributed by atoms with Crippen LogP contribution in [0.4, 0.5) is 11.4 Å². The van der Waals surface area contributed by atoms with E-state index in [0.717, 1.165) is 36.8 Å². The van der Waals surface area contributed by atoms with Crippen LogP contribution in [0.2, 0.25) is 0 Å². The lowest BCUT2D eigenvalue weighted by molar-refractivity contribution is -0.125. The van der Waals surface area contributed by atoms with Gasteiger partial charge in [0.25, 0.3) is 0 Å². The lowest BCUT2D eigenvalue weighted by atomic mass is 9.76. The molecule has 2 aromatic carbocycles. The first-order valence-electron chi connectivity index (χ1n) is 8.98. The molecule has 2 unspecified atom stereocenters. The maximum Gasteiger partial charge on any atom is 0.136 e. The molecule has 2 atom stereocenters. The SMILES string of the molecule is [N-]=[N+]=Nc1ccc(CC2CCC(Cc3ccc(N=[N+]=[N-])cc3)C(=O)C2)cc1. The molecule has 0 radical (unpaired) electrons. The molecular weight excluding hydrogens is 340 g/mol. The lowest BCUT2D eigenvalue weighted by Crippen LogP contribution is -2.27. The standard InChI is InChI=1S/C20H20N6O/c21-25-23-18-7-2-14(3-8-18)11-16-1-6-17(20(27)13-16)12-15-4-9-19(10-5-15)24-26-22/h2-5,7-10,16-17H,1,6,11-13H2. The summed E-state index contributed by atoms with van der Waals surface area (Å²) in [6, 6.07) is 15.0. The van der Waals surface area contributed by atoms with Gasteiger partial charge in [0.15, 0.2) is 0 Å². The fourth-order valence-corrected chi connectivity index (χ4v) is 3.66. The van der Waals surface area contributed by atoms with Gasteiger partial charge in [-0.15, -0.1) is 0 Å². The van der Waals surface area contributed by atoms with Gasteiger partial charge in [-0.3, -0.25) is 4.79 Å². The molecule has 136 valence electrons. The van der Waals surface area contributed by atoms with E-state index >= 15 is 0 Å². The van der Waals surface area contributed by atoms with Gasteiger partial charge >= 0.3 is 0 Å². The molecule has 1 saturated carbocycles. The zero-order valence-corrected chi connectivity index (χ0v) is 14.9. The molecule has 1 aliphatic carbocycles. The Bertz CT molecular complexity index is 893. The number of nitrogens with zero attached hydrogens (tertiary/aromatic N) is 6. The first-order chi connectivity index (χ1) is 13.2. The van der Waals surface area contributed by atoms with Crippen LogP contribution in [-0.4, -0.2) is 5.78 Å². The summed E-state index contributed by atoms with van der Waals surface area (Å²) in [5, 5.41) is 7.14. The fourth-order valence-electron chi connectivity index (χ4n) is 3.66. The number of Topliss-reactive ketones (excluding diaryl/α,β-unsaturated/α-hetero) is 1. The van der Waals surface area contributed by atoms with Crippen molar-refractivity contribution in [3.05, 3.63) is 80.5 Å². The Kier molecular flexibility index (Phi) is 6.10. The Balaban J connectivity index is 1.54. The Morgan fingerprint density at radius 2 is 1.33 bits per heavy atom. The van der Waals surface area contributed by atoms with E-state index < -0.39 is 0 Å². The highest BCUT2D eigenvalue weighted by Crippen LogP contribution is 2.31. The molecule has 1 fully saturated rings. The highest BCUT2D eigenvalue weighted by atomic mass is 16.1. The Labute approximate surface area is 157 Å². The maximum atomic E-state index is 12.6. The average molecular weight is 360 g/mol. The van der Waals surface area contributed by atoms with E-state index in [0.29, 0.717) is 29.5 Å². The fraction of sp³-hybridized carbons (Fsp3) is 0.350. The molecule has 0 aliphatic heterocycles. The van der Waals surface area contributed by atoms with E-state index in [2.05, 4.69) is 20.1 Å². The van der Waals surface area contributed by atoms with Gasteiger partial charge in [-0.1, -0.05) is 58.8 Å². The molecule has 7 heteroatoms. The third-order valence-corrected chi connectivity index (χ3v) is 5.07. The third-order valence-electron chi connectivity index (χ3n) is 5.07. The number of ketones is 1. The second-order valence-corrected chi connectivity index (χ2v) is 6.93. The van der Waals surface area contributed by atoms with Crippen LogP contribution < -0.4 is 0 Å². The van der Waals surface area contributed by atoms with Crippen molar-refractivity contribution in [1.29, 1.82) is 0 Å². The monoisotopic (exact) mass is 360 g/mol. The smallest absolute Gasteiger partial charge is 0.136 e. The van der Waals surface area contributed by atoms with Crippen LogP contribution >= 0.6 is 0 Å². The van der Waals surface area contributed by atoms with Crippen molar-refractivity contribution in [3.8, 4) is 0 Å². The van der Waals surface area contributed by atoms with Crippen LogP contribution in [0.3, 0.4) is 0 Å². The molecule has 1 aliphatic rings. The van der Waals surface area contributed by atoms with Crippen molar-refractivity contribution in [3.63, 3.8) is 0 Å².